The highest BCUT2D eigenvalue weighted by Gasteiger charge is 2.43. The molecule has 2 nitrogen and oxygen atoms in total. The van der Waals surface area contributed by atoms with Gasteiger partial charge >= 0.3 is 0 Å². The summed E-state index contributed by atoms with van der Waals surface area (Å²) in [6.45, 7) is 3.62. The normalized spacial score (nSPS) is 41.1. The Morgan fingerprint density at radius 1 is 1.21 bits per heavy atom. The summed E-state index contributed by atoms with van der Waals surface area (Å²) < 4.78 is 5.41. The molecule has 1 saturated carbocycles. The van der Waals surface area contributed by atoms with E-state index in [-0.39, 0.29) is 0 Å². The SMILES string of the molecule is CC1COCCC1(O)C1CCCCC1. The van der Waals surface area contributed by atoms with Crippen molar-refractivity contribution < 1.29 is 9.84 Å². The third-order valence-corrected chi connectivity index (χ3v) is 4.18. The quantitative estimate of drug-likeness (QED) is 0.701. The standard InChI is InChI=1S/C12H22O2/c1-10-9-14-8-7-12(10,13)11-5-3-2-4-6-11/h10-11,13H,2-9H2,1H3. The molecule has 2 fully saturated rings. The van der Waals surface area contributed by atoms with Gasteiger partial charge in [-0.1, -0.05) is 26.2 Å². The van der Waals surface area contributed by atoms with Crippen LogP contribution < -0.4 is 0 Å². The van der Waals surface area contributed by atoms with Crippen molar-refractivity contribution >= 4 is 0 Å². The van der Waals surface area contributed by atoms with E-state index in [2.05, 4.69) is 6.92 Å². The van der Waals surface area contributed by atoms with Crippen LogP contribution in [0.25, 0.3) is 0 Å². The Labute approximate surface area is 86.6 Å². The second kappa shape index (κ2) is 4.19. The van der Waals surface area contributed by atoms with Crippen molar-refractivity contribution in [3.63, 3.8) is 0 Å². The van der Waals surface area contributed by atoms with Crippen molar-refractivity contribution in [1.29, 1.82) is 0 Å². The topological polar surface area (TPSA) is 29.5 Å². The lowest BCUT2D eigenvalue weighted by molar-refractivity contribution is -0.145. The van der Waals surface area contributed by atoms with Crippen LogP contribution in [0.4, 0.5) is 0 Å². The average Bonchev–Trinajstić information content (AvgIpc) is 2.24. The van der Waals surface area contributed by atoms with Crippen molar-refractivity contribution in [1.82, 2.24) is 0 Å². The van der Waals surface area contributed by atoms with Crippen LogP contribution in [0.2, 0.25) is 0 Å². The van der Waals surface area contributed by atoms with Crippen molar-refractivity contribution in [2.24, 2.45) is 11.8 Å². The first-order chi connectivity index (χ1) is 6.73. The Morgan fingerprint density at radius 3 is 2.57 bits per heavy atom. The molecule has 1 N–H and O–H groups in total. The van der Waals surface area contributed by atoms with Crippen LogP contribution in [-0.2, 0) is 4.74 Å². The summed E-state index contributed by atoms with van der Waals surface area (Å²) in [6, 6.07) is 0. The largest absolute Gasteiger partial charge is 0.389 e. The van der Waals surface area contributed by atoms with E-state index >= 15 is 0 Å². The zero-order valence-corrected chi connectivity index (χ0v) is 9.17. The maximum absolute atomic E-state index is 10.7. The Morgan fingerprint density at radius 2 is 1.93 bits per heavy atom. The Hall–Kier alpha value is -0.0800. The summed E-state index contributed by atoms with van der Waals surface area (Å²) in [4.78, 5) is 0. The van der Waals surface area contributed by atoms with Gasteiger partial charge in [0.2, 0.25) is 0 Å². The van der Waals surface area contributed by atoms with Gasteiger partial charge in [-0.15, -0.1) is 0 Å². The predicted molar refractivity (Wildman–Crippen MR) is 56.1 cm³/mol. The van der Waals surface area contributed by atoms with Gasteiger partial charge in [-0.25, -0.2) is 0 Å². The van der Waals surface area contributed by atoms with Crippen molar-refractivity contribution in [3.05, 3.63) is 0 Å². The van der Waals surface area contributed by atoms with Crippen LogP contribution in [0.3, 0.4) is 0 Å². The first kappa shape index (κ1) is 10.4. The Bertz CT molecular complexity index is 187. The van der Waals surface area contributed by atoms with Gasteiger partial charge in [0.05, 0.1) is 12.2 Å². The second-order valence-electron chi connectivity index (χ2n) is 5.05. The average molecular weight is 198 g/mol. The monoisotopic (exact) mass is 198 g/mol. The molecule has 14 heavy (non-hydrogen) atoms. The molecular weight excluding hydrogens is 176 g/mol. The number of aliphatic hydroxyl groups is 1. The summed E-state index contributed by atoms with van der Waals surface area (Å²) in [6.07, 6.45) is 7.26. The van der Waals surface area contributed by atoms with Crippen molar-refractivity contribution in [2.75, 3.05) is 13.2 Å². The lowest BCUT2D eigenvalue weighted by Crippen LogP contribution is -2.50. The lowest BCUT2D eigenvalue weighted by Gasteiger charge is -2.45. The molecule has 0 aromatic heterocycles. The van der Waals surface area contributed by atoms with Gasteiger partial charge in [-0.05, 0) is 18.8 Å². The van der Waals surface area contributed by atoms with Crippen LogP contribution in [0, 0.1) is 11.8 Å². The predicted octanol–water partition coefficient (Wildman–Crippen LogP) is 2.35. The molecule has 1 aliphatic heterocycles. The molecule has 0 aromatic rings. The summed E-state index contributed by atoms with van der Waals surface area (Å²) in [5.41, 5.74) is -0.418. The highest BCUT2D eigenvalue weighted by molar-refractivity contribution is 4.93. The zero-order valence-electron chi connectivity index (χ0n) is 9.17. The molecule has 0 aromatic carbocycles. The smallest absolute Gasteiger partial charge is 0.0745 e. The molecule has 1 aliphatic carbocycles. The summed E-state index contributed by atoms with van der Waals surface area (Å²) >= 11 is 0. The summed E-state index contributed by atoms with van der Waals surface area (Å²) in [5, 5.41) is 10.7. The molecule has 0 radical (unpaired) electrons. The second-order valence-corrected chi connectivity index (χ2v) is 5.05. The molecule has 2 atom stereocenters. The molecule has 2 heteroatoms. The van der Waals surface area contributed by atoms with Crippen molar-refractivity contribution in [3.8, 4) is 0 Å². The minimum absolute atomic E-state index is 0.319. The third-order valence-electron chi connectivity index (χ3n) is 4.18. The van der Waals surface area contributed by atoms with E-state index in [0.29, 0.717) is 11.8 Å². The molecule has 82 valence electrons. The fourth-order valence-electron chi connectivity index (χ4n) is 3.10. The Kier molecular flexibility index (Phi) is 3.13. The molecule has 2 aliphatic rings. The highest BCUT2D eigenvalue weighted by atomic mass is 16.5. The van der Waals surface area contributed by atoms with Gasteiger partial charge in [-0.2, -0.15) is 0 Å². The van der Waals surface area contributed by atoms with Crippen LogP contribution in [0.5, 0.6) is 0 Å². The fraction of sp³-hybridized carbons (Fsp3) is 1.00. The van der Waals surface area contributed by atoms with Crippen LogP contribution >= 0.6 is 0 Å². The van der Waals surface area contributed by atoms with Crippen LogP contribution in [-0.4, -0.2) is 23.9 Å². The minimum Gasteiger partial charge on any atom is -0.389 e. The van der Waals surface area contributed by atoms with Gasteiger partial charge in [0.15, 0.2) is 0 Å². The summed E-state index contributed by atoms with van der Waals surface area (Å²) in [7, 11) is 0. The first-order valence-electron chi connectivity index (χ1n) is 6.03. The van der Waals surface area contributed by atoms with E-state index < -0.39 is 5.60 Å². The molecule has 1 heterocycles. The van der Waals surface area contributed by atoms with Crippen LogP contribution in [0.1, 0.15) is 45.4 Å². The van der Waals surface area contributed by atoms with E-state index in [4.69, 9.17) is 4.74 Å². The molecule has 0 bridgehead atoms. The number of hydrogen-bond donors (Lipinski definition) is 1. The Balaban J connectivity index is 2.03. The van der Waals surface area contributed by atoms with E-state index in [1.807, 2.05) is 0 Å². The first-order valence-corrected chi connectivity index (χ1v) is 6.03. The van der Waals surface area contributed by atoms with E-state index in [1.165, 1.54) is 32.1 Å². The molecule has 2 rings (SSSR count). The number of rotatable bonds is 1. The maximum atomic E-state index is 10.7. The molecule has 0 spiro atoms. The molecule has 2 unspecified atom stereocenters. The fourth-order valence-corrected chi connectivity index (χ4v) is 3.10. The van der Waals surface area contributed by atoms with Gasteiger partial charge in [0, 0.05) is 18.9 Å². The van der Waals surface area contributed by atoms with Gasteiger partial charge in [0.1, 0.15) is 0 Å². The van der Waals surface area contributed by atoms with Crippen molar-refractivity contribution in [2.45, 2.75) is 51.0 Å². The molecular formula is C12H22O2. The van der Waals surface area contributed by atoms with Crippen LogP contribution in [0.15, 0.2) is 0 Å². The third kappa shape index (κ3) is 1.82. The summed E-state index contributed by atoms with van der Waals surface area (Å²) in [5.74, 6) is 0.856. The van der Waals surface area contributed by atoms with E-state index in [1.54, 1.807) is 0 Å². The number of hydrogen-bond acceptors (Lipinski definition) is 2. The minimum atomic E-state index is -0.418. The zero-order chi connectivity index (χ0) is 10.0. The van der Waals surface area contributed by atoms with E-state index in [9.17, 15) is 5.11 Å². The van der Waals surface area contributed by atoms with Gasteiger partial charge in [-0.3, -0.25) is 0 Å². The van der Waals surface area contributed by atoms with E-state index in [0.717, 1.165) is 19.6 Å². The molecule has 0 amide bonds. The number of ether oxygens (including phenoxy) is 1. The lowest BCUT2D eigenvalue weighted by atomic mass is 9.69. The van der Waals surface area contributed by atoms with Gasteiger partial charge in [0.25, 0.3) is 0 Å². The highest BCUT2D eigenvalue weighted by Crippen LogP contribution is 2.41. The van der Waals surface area contributed by atoms with Gasteiger partial charge < -0.3 is 9.84 Å². The maximum Gasteiger partial charge on any atom is 0.0745 e. The molecule has 1 saturated heterocycles.